The largest absolute Gasteiger partial charge is 0.497 e. The standard InChI is InChI=1S/C29H37N3O3/c1-20-17-31(18-21(2)35-20)19-23-7-6-16-32(23)28(33)15-14-26-25-8-4-5-9-27(25)30-29(26)22-10-12-24(34-3)13-11-22/h4-5,8-13,20-21,23,30H,6-7,14-19H2,1-3H3. The van der Waals surface area contributed by atoms with Crippen LogP contribution < -0.4 is 4.74 Å². The van der Waals surface area contributed by atoms with Crippen LogP contribution in [0.1, 0.15) is 38.7 Å². The number of carbonyl (C=O) groups excluding carboxylic acids is 1. The number of aromatic nitrogens is 1. The average Bonchev–Trinajstić information content (AvgIpc) is 3.46. The van der Waals surface area contributed by atoms with Crippen LogP contribution in [0.3, 0.4) is 0 Å². The van der Waals surface area contributed by atoms with Crippen molar-refractivity contribution in [3.63, 3.8) is 0 Å². The summed E-state index contributed by atoms with van der Waals surface area (Å²) in [6, 6.07) is 16.8. The van der Waals surface area contributed by atoms with E-state index in [0.29, 0.717) is 12.5 Å². The highest BCUT2D eigenvalue weighted by molar-refractivity contribution is 5.91. The number of nitrogens with zero attached hydrogens (tertiary/aromatic N) is 2. The zero-order valence-electron chi connectivity index (χ0n) is 21.1. The van der Waals surface area contributed by atoms with E-state index in [1.54, 1.807) is 7.11 Å². The highest BCUT2D eigenvalue weighted by Gasteiger charge is 2.32. The number of fused-ring (bicyclic) bond motifs is 1. The molecule has 6 heteroatoms. The maximum Gasteiger partial charge on any atom is 0.223 e. The molecule has 2 aromatic carbocycles. The van der Waals surface area contributed by atoms with Crippen molar-refractivity contribution in [3.05, 3.63) is 54.1 Å². The van der Waals surface area contributed by atoms with Crippen molar-refractivity contribution in [2.24, 2.45) is 0 Å². The van der Waals surface area contributed by atoms with E-state index in [1.165, 1.54) is 10.9 Å². The van der Waals surface area contributed by atoms with Crippen LogP contribution in [0.2, 0.25) is 0 Å². The number of ether oxygens (including phenoxy) is 2. The Hall–Kier alpha value is -2.83. The van der Waals surface area contributed by atoms with Gasteiger partial charge in [-0.25, -0.2) is 0 Å². The van der Waals surface area contributed by atoms with Crippen LogP contribution in [0.15, 0.2) is 48.5 Å². The molecule has 0 radical (unpaired) electrons. The molecule has 1 amide bonds. The van der Waals surface area contributed by atoms with E-state index >= 15 is 0 Å². The topological polar surface area (TPSA) is 57.8 Å². The van der Waals surface area contributed by atoms with Gasteiger partial charge in [0.1, 0.15) is 5.75 Å². The van der Waals surface area contributed by atoms with Gasteiger partial charge in [-0.15, -0.1) is 0 Å². The number of rotatable bonds is 7. The number of morpholine rings is 1. The second kappa shape index (κ2) is 10.4. The predicted octanol–water partition coefficient (Wildman–Crippen LogP) is 4.88. The molecule has 0 spiro atoms. The van der Waals surface area contributed by atoms with E-state index < -0.39 is 0 Å². The van der Waals surface area contributed by atoms with Gasteiger partial charge in [-0.2, -0.15) is 0 Å². The molecular weight excluding hydrogens is 438 g/mol. The van der Waals surface area contributed by atoms with Crippen LogP contribution in [-0.4, -0.2) is 72.2 Å². The number of hydrogen-bond acceptors (Lipinski definition) is 4. The predicted molar refractivity (Wildman–Crippen MR) is 140 cm³/mol. The summed E-state index contributed by atoms with van der Waals surface area (Å²) in [4.78, 5) is 21.7. The molecule has 5 rings (SSSR count). The zero-order chi connectivity index (χ0) is 24.4. The molecule has 186 valence electrons. The van der Waals surface area contributed by atoms with Gasteiger partial charge in [-0.3, -0.25) is 9.69 Å². The summed E-state index contributed by atoms with van der Waals surface area (Å²) in [5, 5.41) is 1.19. The van der Waals surface area contributed by atoms with Crippen molar-refractivity contribution in [1.29, 1.82) is 0 Å². The molecule has 2 saturated heterocycles. The van der Waals surface area contributed by atoms with Gasteiger partial charge in [0.05, 0.1) is 19.3 Å². The third-order valence-electron chi connectivity index (χ3n) is 7.44. The van der Waals surface area contributed by atoms with Crippen molar-refractivity contribution < 1.29 is 14.3 Å². The lowest BCUT2D eigenvalue weighted by atomic mass is 10.0. The maximum atomic E-state index is 13.4. The Morgan fingerprint density at radius 2 is 1.83 bits per heavy atom. The molecular formula is C29H37N3O3. The molecule has 0 saturated carbocycles. The molecule has 2 fully saturated rings. The molecule has 3 heterocycles. The molecule has 2 aliphatic heterocycles. The molecule has 3 atom stereocenters. The summed E-state index contributed by atoms with van der Waals surface area (Å²) < 4.78 is 11.2. The van der Waals surface area contributed by atoms with Crippen LogP contribution in [0, 0.1) is 0 Å². The van der Waals surface area contributed by atoms with Crippen LogP contribution in [0.5, 0.6) is 5.75 Å². The van der Waals surface area contributed by atoms with Crippen LogP contribution in [0.25, 0.3) is 22.2 Å². The van der Waals surface area contributed by atoms with E-state index in [0.717, 1.165) is 68.0 Å². The molecule has 6 nitrogen and oxygen atoms in total. The number of nitrogens with one attached hydrogen (secondary N) is 1. The number of para-hydroxylation sites is 1. The maximum absolute atomic E-state index is 13.4. The second-order valence-electron chi connectivity index (χ2n) is 10.1. The lowest BCUT2D eigenvalue weighted by Crippen LogP contribution is -2.50. The van der Waals surface area contributed by atoms with E-state index in [2.05, 4.69) is 59.0 Å². The Balaban J connectivity index is 1.31. The van der Waals surface area contributed by atoms with Gasteiger partial charge < -0.3 is 19.4 Å². The second-order valence-corrected chi connectivity index (χ2v) is 10.1. The Bertz CT molecular complexity index is 1150. The fraction of sp³-hybridized carbons (Fsp3) is 0.483. The third-order valence-corrected chi connectivity index (χ3v) is 7.44. The normalized spacial score (nSPS) is 23.2. The van der Waals surface area contributed by atoms with Crippen molar-refractivity contribution in [2.75, 3.05) is 33.3 Å². The first-order valence-electron chi connectivity index (χ1n) is 12.9. The SMILES string of the molecule is COc1ccc(-c2[nH]c3ccccc3c2CCC(=O)N2CCCC2CN2CC(C)OC(C)C2)cc1. The van der Waals surface area contributed by atoms with Gasteiger partial charge in [0.15, 0.2) is 0 Å². The minimum Gasteiger partial charge on any atom is -0.497 e. The van der Waals surface area contributed by atoms with Gasteiger partial charge in [-0.05, 0) is 74.6 Å². The fourth-order valence-corrected chi connectivity index (χ4v) is 5.92. The molecule has 0 bridgehead atoms. The van der Waals surface area contributed by atoms with Crippen molar-refractivity contribution in [1.82, 2.24) is 14.8 Å². The lowest BCUT2D eigenvalue weighted by molar-refractivity contribution is -0.133. The number of carbonyl (C=O) groups is 1. The van der Waals surface area contributed by atoms with Crippen molar-refractivity contribution >= 4 is 16.8 Å². The summed E-state index contributed by atoms with van der Waals surface area (Å²) in [7, 11) is 1.68. The number of aromatic amines is 1. The molecule has 1 N–H and O–H groups in total. The summed E-state index contributed by atoms with van der Waals surface area (Å²) in [6.45, 7) is 8.00. The Morgan fingerprint density at radius 3 is 2.57 bits per heavy atom. The first kappa shape index (κ1) is 23.9. The average molecular weight is 476 g/mol. The van der Waals surface area contributed by atoms with Gasteiger partial charge in [0, 0.05) is 55.2 Å². The molecule has 1 aromatic heterocycles. The highest BCUT2D eigenvalue weighted by atomic mass is 16.5. The fourth-order valence-electron chi connectivity index (χ4n) is 5.92. The summed E-state index contributed by atoms with van der Waals surface area (Å²) in [6.07, 6.45) is 3.94. The molecule has 3 aromatic rings. The lowest BCUT2D eigenvalue weighted by Gasteiger charge is -2.38. The van der Waals surface area contributed by atoms with E-state index in [9.17, 15) is 4.79 Å². The Kier molecular flexibility index (Phi) is 7.12. The number of hydrogen-bond donors (Lipinski definition) is 1. The number of amides is 1. The van der Waals surface area contributed by atoms with E-state index in [1.807, 2.05) is 18.2 Å². The number of methoxy groups -OCH3 is 1. The van der Waals surface area contributed by atoms with Crippen LogP contribution in [0.4, 0.5) is 0 Å². The number of benzene rings is 2. The van der Waals surface area contributed by atoms with Crippen molar-refractivity contribution in [3.8, 4) is 17.0 Å². The monoisotopic (exact) mass is 475 g/mol. The van der Waals surface area contributed by atoms with E-state index in [4.69, 9.17) is 9.47 Å². The van der Waals surface area contributed by atoms with E-state index in [-0.39, 0.29) is 18.1 Å². The highest BCUT2D eigenvalue weighted by Crippen LogP contribution is 2.33. The summed E-state index contributed by atoms with van der Waals surface area (Å²) in [5.74, 6) is 1.11. The smallest absolute Gasteiger partial charge is 0.223 e. The van der Waals surface area contributed by atoms with Gasteiger partial charge in [-0.1, -0.05) is 18.2 Å². The Morgan fingerprint density at radius 1 is 1.09 bits per heavy atom. The summed E-state index contributed by atoms with van der Waals surface area (Å²) >= 11 is 0. The quantitative estimate of drug-likeness (QED) is 0.529. The Labute approximate surface area is 208 Å². The van der Waals surface area contributed by atoms with Gasteiger partial charge >= 0.3 is 0 Å². The van der Waals surface area contributed by atoms with Crippen LogP contribution in [-0.2, 0) is 16.0 Å². The van der Waals surface area contributed by atoms with Crippen LogP contribution >= 0.6 is 0 Å². The van der Waals surface area contributed by atoms with Gasteiger partial charge in [0.2, 0.25) is 5.91 Å². The first-order valence-corrected chi connectivity index (χ1v) is 12.9. The van der Waals surface area contributed by atoms with Crippen molar-refractivity contribution in [2.45, 2.75) is 57.8 Å². The molecule has 35 heavy (non-hydrogen) atoms. The molecule has 2 aliphatic rings. The summed E-state index contributed by atoms with van der Waals surface area (Å²) in [5.41, 5.74) is 4.52. The number of H-pyrrole nitrogens is 1. The molecule has 3 unspecified atom stereocenters. The number of likely N-dealkylation sites (tertiary alicyclic amines) is 1. The molecule has 0 aliphatic carbocycles. The van der Waals surface area contributed by atoms with Gasteiger partial charge in [0.25, 0.3) is 0 Å². The minimum absolute atomic E-state index is 0.252. The number of aryl methyl sites for hydroxylation is 1. The zero-order valence-corrected chi connectivity index (χ0v) is 21.1. The minimum atomic E-state index is 0.252. The third kappa shape index (κ3) is 5.24. The first-order chi connectivity index (χ1) is 17.0.